The second-order valence-electron chi connectivity index (χ2n) is 20.5. The number of fused-ring (bicyclic) bond motifs is 3. The number of hydrogen-bond donors (Lipinski definition) is 5. The number of aromatic amines is 1. The molecule has 17 rings (SSSR count). The van der Waals surface area contributed by atoms with Gasteiger partial charge in [0.1, 0.15) is 0 Å². The number of nitrogens with one attached hydrogen (secondary N) is 1. The summed E-state index contributed by atoms with van der Waals surface area (Å²) >= 11 is 0. The lowest BCUT2D eigenvalue weighted by Gasteiger charge is -2.36. The summed E-state index contributed by atoms with van der Waals surface area (Å²) in [4.78, 5) is 66.0. The van der Waals surface area contributed by atoms with E-state index in [1.807, 2.05) is 48.5 Å². The predicted octanol–water partition coefficient (Wildman–Crippen LogP) is 12.2. The molecule has 0 fully saturated rings. The first-order valence-corrected chi connectivity index (χ1v) is 25.1. The van der Waals surface area contributed by atoms with E-state index in [1.165, 1.54) is 11.1 Å². The number of hydrogen-bond acceptors (Lipinski definition) is 6. The lowest BCUT2D eigenvalue weighted by atomic mass is 9.66. The summed E-state index contributed by atoms with van der Waals surface area (Å²) in [6.07, 6.45) is 19.3. The predicted molar refractivity (Wildman–Crippen MR) is 277 cm³/mol. The Bertz CT molecular complexity index is 3490. The van der Waals surface area contributed by atoms with Crippen LogP contribution >= 0.6 is 0 Å². The Morgan fingerprint density at radius 3 is 0.890 bits per heavy atom. The molecule has 12 aliphatic rings. The molecule has 3 heterocycles. The number of rotatable bonds is 8. The lowest BCUT2D eigenvalue weighted by Crippen LogP contribution is -2.27. The fraction of sp³-hybridized carbons (Fsp3) is 0.194. The molecule has 10 aliphatic carbocycles. The molecule has 4 aromatic carbocycles. The zero-order chi connectivity index (χ0) is 49.6. The third-order valence-corrected chi connectivity index (χ3v) is 16.8. The van der Waals surface area contributed by atoms with Crippen molar-refractivity contribution in [2.75, 3.05) is 0 Å². The molecule has 6 atom stereocenters. The Morgan fingerprint density at radius 1 is 0.356 bits per heavy atom. The van der Waals surface area contributed by atoms with Crippen molar-refractivity contribution in [2.45, 2.75) is 50.4 Å². The Morgan fingerprint density at radius 2 is 0.616 bits per heavy atom. The van der Waals surface area contributed by atoms with Crippen molar-refractivity contribution < 1.29 is 39.6 Å². The maximum atomic E-state index is 12.5. The molecule has 356 valence electrons. The first kappa shape index (κ1) is 43.1. The molecule has 0 radical (unpaired) electrons. The zero-order valence-corrected chi connectivity index (χ0v) is 39.2. The second kappa shape index (κ2) is 15.9. The van der Waals surface area contributed by atoms with Gasteiger partial charge in [-0.25, -0.2) is 29.2 Å². The molecule has 5 aromatic rings. The minimum absolute atomic E-state index is 0.000138. The summed E-state index contributed by atoms with van der Waals surface area (Å²) in [5.41, 5.74) is 18.2. The molecule has 0 saturated heterocycles. The van der Waals surface area contributed by atoms with Gasteiger partial charge in [-0.2, -0.15) is 0 Å². The highest BCUT2D eigenvalue weighted by Crippen LogP contribution is 2.59. The van der Waals surface area contributed by atoms with Crippen LogP contribution in [0.15, 0.2) is 177 Å². The molecule has 0 spiro atoms. The van der Waals surface area contributed by atoms with Crippen LogP contribution in [0.1, 0.15) is 137 Å². The summed E-state index contributed by atoms with van der Waals surface area (Å²) < 4.78 is 0. The quantitative estimate of drug-likeness (QED) is 0.0949. The Hall–Kier alpha value is -8.70. The number of carboxylic acids is 4. The molecule has 11 heteroatoms. The Labute approximate surface area is 418 Å². The second-order valence-corrected chi connectivity index (χ2v) is 20.5. The van der Waals surface area contributed by atoms with Crippen LogP contribution in [0.25, 0.3) is 22.3 Å². The van der Waals surface area contributed by atoms with Crippen LogP contribution in [0.5, 0.6) is 0 Å². The largest absolute Gasteiger partial charge is 0.478 e. The minimum Gasteiger partial charge on any atom is -0.478 e. The molecule has 1 aromatic heterocycles. The van der Waals surface area contributed by atoms with Crippen LogP contribution < -0.4 is 0 Å². The fourth-order valence-corrected chi connectivity index (χ4v) is 13.6. The summed E-state index contributed by atoms with van der Waals surface area (Å²) in [7, 11) is 0. The Kier molecular flexibility index (Phi) is 9.39. The maximum Gasteiger partial charge on any atom is 0.335 e. The summed E-state index contributed by atoms with van der Waals surface area (Å²) in [5.74, 6) is -4.10. The summed E-state index contributed by atoms with van der Waals surface area (Å²) in [6.45, 7) is 0. The van der Waals surface area contributed by atoms with E-state index in [0.717, 1.165) is 128 Å². The van der Waals surface area contributed by atoms with Gasteiger partial charge in [0, 0.05) is 57.8 Å². The molecule has 6 unspecified atom stereocenters. The van der Waals surface area contributed by atoms with Gasteiger partial charge in [0.25, 0.3) is 0 Å². The molecule has 0 saturated carbocycles. The third-order valence-electron chi connectivity index (χ3n) is 16.8. The molecule has 0 amide bonds. The molecule has 2 aliphatic heterocycles. The highest BCUT2D eigenvalue weighted by atomic mass is 16.4. The van der Waals surface area contributed by atoms with E-state index < -0.39 is 23.9 Å². The molecule has 11 nitrogen and oxygen atoms in total. The highest BCUT2D eigenvalue weighted by molar-refractivity contribution is 6.51. The van der Waals surface area contributed by atoms with Gasteiger partial charge in [-0.15, -0.1) is 0 Å². The SMILES string of the molecule is O=C(O)c1ccc(C2=C(c3ccc(C(=O)O)cc3)C3=NC(=C(c4ccc(C(=O)O)cc4)c4[nH]c(c5c4C4C=CC5CC4)C(c4ccc(C(=O)O)cc4)=C4N=C2C2=C4C4C=CC2CC4)C2=C3C3C=CC2CC3)cc1. The number of carbonyl (C=O) groups is 4. The van der Waals surface area contributed by atoms with E-state index in [4.69, 9.17) is 9.98 Å². The van der Waals surface area contributed by atoms with E-state index in [2.05, 4.69) is 41.4 Å². The van der Waals surface area contributed by atoms with Crippen molar-refractivity contribution >= 4 is 57.6 Å². The van der Waals surface area contributed by atoms with Crippen molar-refractivity contribution in [3.8, 4) is 0 Å². The molecule has 12 bridgehead atoms. The van der Waals surface area contributed by atoms with Crippen LogP contribution in [0.2, 0.25) is 0 Å². The average molecular weight is 960 g/mol. The van der Waals surface area contributed by atoms with Gasteiger partial charge in [-0.05, 0) is 143 Å². The first-order valence-electron chi connectivity index (χ1n) is 25.1. The highest BCUT2D eigenvalue weighted by Gasteiger charge is 2.48. The van der Waals surface area contributed by atoms with Gasteiger partial charge in [-0.3, -0.25) is 0 Å². The van der Waals surface area contributed by atoms with E-state index >= 15 is 0 Å². The van der Waals surface area contributed by atoms with Crippen LogP contribution in [0.4, 0.5) is 0 Å². The van der Waals surface area contributed by atoms with E-state index in [1.54, 1.807) is 48.5 Å². The fourth-order valence-electron chi connectivity index (χ4n) is 13.6. The van der Waals surface area contributed by atoms with Crippen LogP contribution in [-0.4, -0.2) is 60.7 Å². The van der Waals surface area contributed by atoms with Crippen molar-refractivity contribution in [3.63, 3.8) is 0 Å². The van der Waals surface area contributed by atoms with Crippen LogP contribution in [0, 0.1) is 23.7 Å². The zero-order valence-electron chi connectivity index (χ0n) is 39.2. The number of aromatic nitrogens is 1. The minimum atomic E-state index is -1.06. The number of aliphatic imine (C=N–C) groups is 2. The number of carboxylic acid groups (broad SMARTS) is 4. The van der Waals surface area contributed by atoms with E-state index in [-0.39, 0.29) is 57.8 Å². The number of allylic oxidation sites excluding steroid dienone is 12. The van der Waals surface area contributed by atoms with E-state index in [9.17, 15) is 39.6 Å². The van der Waals surface area contributed by atoms with E-state index in [0.29, 0.717) is 11.1 Å². The number of benzene rings is 4. The number of aromatic carboxylic acids is 4. The molecular weight excluding hydrogens is 915 g/mol. The number of H-pyrrole nitrogens is 1. The topological polar surface area (TPSA) is 190 Å². The van der Waals surface area contributed by atoms with Crippen molar-refractivity contribution in [1.82, 2.24) is 4.98 Å². The van der Waals surface area contributed by atoms with Crippen LogP contribution in [-0.2, 0) is 0 Å². The van der Waals surface area contributed by atoms with Gasteiger partial charge in [-0.1, -0.05) is 85.0 Å². The monoisotopic (exact) mass is 959 g/mol. The third kappa shape index (κ3) is 6.37. The van der Waals surface area contributed by atoms with Crippen molar-refractivity contribution in [3.05, 3.63) is 234 Å². The lowest BCUT2D eigenvalue weighted by molar-refractivity contribution is 0.0686. The van der Waals surface area contributed by atoms with Gasteiger partial charge >= 0.3 is 23.9 Å². The van der Waals surface area contributed by atoms with Crippen molar-refractivity contribution in [2.24, 2.45) is 33.7 Å². The van der Waals surface area contributed by atoms with Gasteiger partial charge in [0.05, 0.1) is 56.5 Å². The molecule has 5 N–H and O–H groups in total. The standard InChI is InChI=1S/C62H45N3O8/c66-59(67)39-21-13-35(14-22-39)43-44(36-15-23-40(24-16-36)60(68)69)54-46-30-3-7-32(8-4-30)48(46)56(64-54)52(38-19-27-42(28-20-38)62(72)73)58-50-34-11-9-33(10-12-34)49(50)57(65-58)51(37-17-25-41(26-18-37)61(70)71)55-47-31-5-1-29(2-6-31)45(47)53(43)63-55/h1,3,5,7,9,11,13-34,65H,2,4,6,8,10,12H2,(H,66,67)(H,68,69)(H,70,71)(H,72,73). The van der Waals surface area contributed by atoms with Gasteiger partial charge in [0.2, 0.25) is 0 Å². The molecular formula is C62H45N3O8. The number of nitrogens with zero attached hydrogens (tertiary/aromatic N) is 2. The Balaban J connectivity index is 1.21. The summed E-state index contributed by atoms with van der Waals surface area (Å²) in [6, 6.07) is 28.0. The average Bonchev–Trinajstić information content (AvgIpc) is 4.15. The first-order chi connectivity index (χ1) is 35.5. The van der Waals surface area contributed by atoms with Crippen LogP contribution in [0.3, 0.4) is 0 Å². The molecule has 73 heavy (non-hydrogen) atoms. The van der Waals surface area contributed by atoms with Gasteiger partial charge < -0.3 is 25.4 Å². The summed E-state index contributed by atoms with van der Waals surface area (Å²) in [5, 5.41) is 40.8. The maximum absolute atomic E-state index is 12.5. The normalized spacial score (nSPS) is 24.5. The van der Waals surface area contributed by atoms with Gasteiger partial charge in [0.15, 0.2) is 0 Å². The van der Waals surface area contributed by atoms with Crippen molar-refractivity contribution in [1.29, 1.82) is 0 Å². The smallest absolute Gasteiger partial charge is 0.335 e.